The maximum Gasteiger partial charge on any atom is 0.306 e. The molecule has 0 heterocycles. The Hall–Kier alpha value is -0.530. The summed E-state index contributed by atoms with van der Waals surface area (Å²) in [4.78, 5) is 11.4. The smallest absolute Gasteiger partial charge is 0.306 e. The topological polar surface area (TPSA) is 26.3 Å². The molecule has 0 saturated heterocycles. The lowest BCUT2D eigenvalue weighted by Gasteiger charge is -2.16. The van der Waals surface area contributed by atoms with Crippen molar-refractivity contribution < 1.29 is 9.53 Å². The van der Waals surface area contributed by atoms with Crippen molar-refractivity contribution in [2.45, 2.75) is 65.9 Å². The van der Waals surface area contributed by atoms with Crippen LogP contribution in [0.4, 0.5) is 0 Å². The van der Waals surface area contributed by atoms with Gasteiger partial charge in [-0.05, 0) is 18.8 Å². The number of rotatable bonds is 7. The van der Waals surface area contributed by atoms with Crippen LogP contribution >= 0.6 is 0 Å². The van der Waals surface area contributed by atoms with Gasteiger partial charge in [0.1, 0.15) is 6.10 Å². The molecule has 0 spiro atoms. The molecule has 0 aliphatic rings. The number of unbranched alkanes of at least 4 members (excludes halogenated alkanes) is 1. The Morgan fingerprint density at radius 1 is 1.29 bits per heavy atom. The first kappa shape index (κ1) is 13.5. The third kappa shape index (κ3) is 6.93. The highest BCUT2D eigenvalue weighted by atomic mass is 16.5. The van der Waals surface area contributed by atoms with Crippen LogP contribution in [0.15, 0.2) is 0 Å². The van der Waals surface area contributed by atoms with E-state index in [1.54, 1.807) is 0 Å². The second-order valence-electron chi connectivity index (χ2n) is 4.26. The summed E-state index contributed by atoms with van der Waals surface area (Å²) in [5, 5.41) is 0. The molecule has 0 radical (unpaired) electrons. The van der Waals surface area contributed by atoms with Gasteiger partial charge in [-0.2, -0.15) is 0 Å². The van der Waals surface area contributed by atoms with Crippen LogP contribution in [0.3, 0.4) is 0 Å². The fraction of sp³-hybridized carbons (Fsp3) is 0.917. The SMILES string of the molecule is CCCCC(CC)OC(=O)CC(C)C. The van der Waals surface area contributed by atoms with Gasteiger partial charge in [0.25, 0.3) is 0 Å². The van der Waals surface area contributed by atoms with Gasteiger partial charge in [-0.25, -0.2) is 0 Å². The molecule has 0 aromatic rings. The molecule has 0 aliphatic heterocycles. The third-order valence-corrected chi connectivity index (χ3v) is 2.21. The van der Waals surface area contributed by atoms with Crippen LogP contribution in [-0.4, -0.2) is 12.1 Å². The predicted octanol–water partition coefficient (Wildman–Crippen LogP) is 3.54. The zero-order valence-electron chi connectivity index (χ0n) is 10.0. The monoisotopic (exact) mass is 200 g/mol. The van der Waals surface area contributed by atoms with Crippen LogP contribution in [0, 0.1) is 5.92 Å². The number of carbonyl (C=O) groups is 1. The first-order chi connectivity index (χ1) is 6.60. The Bertz CT molecular complexity index is 152. The molecule has 1 unspecified atom stereocenters. The standard InChI is InChI=1S/C12H24O2/c1-5-7-8-11(6-2)14-12(13)9-10(3)4/h10-11H,5-9H2,1-4H3. The van der Waals surface area contributed by atoms with Crippen molar-refractivity contribution in [3.8, 4) is 0 Å². The average molecular weight is 200 g/mol. The number of hydrogen-bond donors (Lipinski definition) is 0. The van der Waals surface area contributed by atoms with Crippen LogP contribution in [0.5, 0.6) is 0 Å². The molecule has 1 atom stereocenters. The molecule has 0 fully saturated rings. The highest BCUT2D eigenvalue weighted by Gasteiger charge is 2.12. The highest BCUT2D eigenvalue weighted by molar-refractivity contribution is 5.69. The molecule has 0 amide bonds. The number of hydrogen-bond acceptors (Lipinski definition) is 2. The predicted molar refractivity (Wildman–Crippen MR) is 59.2 cm³/mol. The minimum absolute atomic E-state index is 0.0389. The molecule has 0 N–H and O–H groups in total. The molecule has 0 bridgehead atoms. The van der Waals surface area contributed by atoms with Gasteiger partial charge in [-0.15, -0.1) is 0 Å². The zero-order valence-corrected chi connectivity index (χ0v) is 10.0. The molecule has 84 valence electrons. The summed E-state index contributed by atoms with van der Waals surface area (Å²) in [6.45, 7) is 8.30. The van der Waals surface area contributed by atoms with E-state index < -0.39 is 0 Å². The minimum Gasteiger partial charge on any atom is -0.462 e. The quantitative estimate of drug-likeness (QED) is 0.587. The maximum absolute atomic E-state index is 11.4. The van der Waals surface area contributed by atoms with Crippen LogP contribution < -0.4 is 0 Å². The molecular weight excluding hydrogens is 176 g/mol. The van der Waals surface area contributed by atoms with Crippen molar-refractivity contribution in [1.29, 1.82) is 0 Å². The van der Waals surface area contributed by atoms with Crippen LogP contribution in [0.1, 0.15) is 59.8 Å². The van der Waals surface area contributed by atoms with Crippen molar-refractivity contribution in [2.24, 2.45) is 5.92 Å². The van der Waals surface area contributed by atoms with E-state index in [1.807, 2.05) is 13.8 Å². The molecule has 0 aliphatic carbocycles. The van der Waals surface area contributed by atoms with E-state index in [-0.39, 0.29) is 12.1 Å². The Balaban J connectivity index is 3.74. The summed E-state index contributed by atoms with van der Waals surface area (Å²) in [5.74, 6) is 0.356. The highest BCUT2D eigenvalue weighted by Crippen LogP contribution is 2.11. The van der Waals surface area contributed by atoms with Crippen molar-refractivity contribution in [3.63, 3.8) is 0 Å². The van der Waals surface area contributed by atoms with E-state index in [4.69, 9.17) is 4.74 Å². The molecule has 0 aromatic carbocycles. The van der Waals surface area contributed by atoms with Gasteiger partial charge >= 0.3 is 5.97 Å². The van der Waals surface area contributed by atoms with Gasteiger partial charge in [0.15, 0.2) is 0 Å². The van der Waals surface area contributed by atoms with E-state index in [9.17, 15) is 4.79 Å². The zero-order chi connectivity index (χ0) is 11.0. The largest absolute Gasteiger partial charge is 0.462 e. The summed E-state index contributed by atoms with van der Waals surface area (Å²) >= 11 is 0. The van der Waals surface area contributed by atoms with Crippen molar-refractivity contribution in [2.75, 3.05) is 0 Å². The van der Waals surface area contributed by atoms with Gasteiger partial charge in [0.05, 0.1) is 0 Å². The fourth-order valence-corrected chi connectivity index (χ4v) is 1.35. The molecule has 2 heteroatoms. The van der Waals surface area contributed by atoms with E-state index in [0.717, 1.165) is 25.7 Å². The minimum atomic E-state index is -0.0389. The normalized spacial score (nSPS) is 12.9. The maximum atomic E-state index is 11.4. The van der Waals surface area contributed by atoms with E-state index >= 15 is 0 Å². The molecular formula is C12H24O2. The van der Waals surface area contributed by atoms with Gasteiger partial charge in [0, 0.05) is 6.42 Å². The lowest BCUT2D eigenvalue weighted by Crippen LogP contribution is -2.18. The Morgan fingerprint density at radius 2 is 1.93 bits per heavy atom. The number of carbonyl (C=O) groups excluding carboxylic acids is 1. The van der Waals surface area contributed by atoms with Crippen LogP contribution in [0.25, 0.3) is 0 Å². The second kappa shape index (κ2) is 7.84. The Morgan fingerprint density at radius 3 is 2.36 bits per heavy atom. The van der Waals surface area contributed by atoms with Gasteiger partial charge < -0.3 is 4.74 Å². The summed E-state index contributed by atoms with van der Waals surface area (Å²) in [6, 6.07) is 0. The number of esters is 1. The van der Waals surface area contributed by atoms with Crippen molar-refractivity contribution in [3.05, 3.63) is 0 Å². The summed E-state index contributed by atoms with van der Waals surface area (Å²) in [6.07, 6.45) is 4.94. The molecule has 0 aromatic heterocycles. The van der Waals surface area contributed by atoms with Crippen LogP contribution in [-0.2, 0) is 9.53 Å². The van der Waals surface area contributed by atoms with Crippen molar-refractivity contribution in [1.82, 2.24) is 0 Å². The van der Waals surface area contributed by atoms with Crippen molar-refractivity contribution >= 4 is 5.97 Å². The van der Waals surface area contributed by atoms with E-state index in [1.165, 1.54) is 0 Å². The Labute approximate surface area is 88.0 Å². The van der Waals surface area contributed by atoms with Gasteiger partial charge in [-0.3, -0.25) is 4.79 Å². The van der Waals surface area contributed by atoms with Gasteiger partial charge in [0.2, 0.25) is 0 Å². The first-order valence-electron chi connectivity index (χ1n) is 5.79. The van der Waals surface area contributed by atoms with Crippen LogP contribution in [0.2, 0.25) is 0 Å². The fourth-order valence-electron chi connectivity index (χ4n) is 1.35. The molecule has 0 rings (SSSR count). The summed E-state index contributed by atoms with van der Waals surface area (Å²) in [7, 11) is 0. The average Bonchev–Trinajstić information content (AvgIpc) is 2.10. The molecule has 0 saturated carbocycles. The number of ether oxygens (including phenoxy) is 1. The van der Waals surface area contributed by atoms with E-state index in [2.05, 4.69) is 13.8 Å². The molecule has 2 nitrogen and oxygen atoms in total. The van der Waals surface area contributed by atoms with Gasteiger partial charge in [-0.1, -0.05) is 40.5 Å². The lowest BCUT2D eigenvalue weighted by molar-refractivity contribution is -0.150. The second-order valence-corrected chi connectivity index (χ2v) is 4.26. The summed E-state index contributed by atoms with van der Waals surface area (Å²) in [5.41, 5.74) is 0. The lowest BCUT2D eigenvalue weighted by atomic mass is 10.1. The summed E-state index contributed by atoms with van der Waals surface area (Å²) < 4.78 is 5.37. The first-order valence-corrected chi connectivity index (χ1v) is 5.79. The third-order valence-electron chi connectivity index (χ3n) is 2.21. The van der Waals surface area contributed by atoms with E-state index in [0.29, 0.717) is 12.3 Å². The molecule has 14 heavy (non-hydrogen) atoms. The Kier molecular flexibility index (Phi) is 7.54.